The second-order valence-electron chi connectivity index (χ2n) is 3.89. The number of nitrogens with zero attached hydrogens (tertiary/aromatic N) is 1. The zero-order valence-electron chi connectivity index (χ0n) is 10.5. The van der Waals surface area contributed by atoms with Gasteiger partial charge < -0.3 is 10.1 Å². The lowest BCUT2D eigenvalue weighted by Gasteiger charge is -2.05. The number of carbonyl (C=O) groups is 1. The standard InChI is InChI=1S/C12H15BrN2O4/c1-19-12(16)3-2-6-14-8-9-4-5-10(13)7-11(9)15(17)18/h4-5,7,14H,2-3,6,8H2,1H3. The molecule has 1 N–H and O–H groups in total. The molecule has 0 aliphatic rings. The van der Waals surface area contributed by atoms with Crippen LogP contribution in [0, 0.1) is 10.1 Å². The van der Waals surface area contributed by atoms with Gasteiger partial charge in [-0.25, -0.2) is 0 Å². The van der Waals surface area contributed by atoms with E-state index in [-0.39, 0.29) is 11.7 Å². The van der Waals surface area contributed by atoms with Crippen LogP contribution >= 0.6 is 15.9 Å². The van der Waals surface area contributed by atoms with E-state index in [2.05, 4.69) is 26.0 Å². The normalized spacial score (nSPS) is 10.2. The van der Waals surface area contributed by atoms with Gasteiger partial charge >= 0.3 is 5.97 Å². The van der Waals surface area contributed by atoms with Crippen molar-refractivity contribution in [3.63, 3.8) is 0 Å². The summed E-state index contributed by atoms with van der Waals surface area (Å²) in [6, 6.07) is 4.94. The van der Waals surface area contributed by atoms with E-state index in [9.17, 15) is 14.9 Å². The number of halogens is 1. The summed E-state index contributed by atoms with van der Waals surface area (Å²) in [5, 5.41) is 14.0. The van der Waals surface area contributed by atoms with E-state index in [1.165, 1.54) is 13.2 Å². The summed E-state index contributed by atoms with van der Waals surface area (Å²) in [7, 11) is 1.35. The Morgan fingerprint density at radius 3 is 2.89 bits per heavy atom. The summed E-state index contributed by atoms with van der Waals surface area (Å²) in [6.07, 6.45) is 0.975. The fourth-order valence-corrected chi connectivity index (χ4v) is 1.89. The van der Waals surface area contributed by atoms with E-state index < -0.39 is 4.92 Å². The Hall–Kier alpha value is -1.47. The summed E-state index contributed by atoms with van der Waals surface area (Å²) < 4.78 is 5.19. The van der Waals surface area contributed by atoms with Crippen LogP contribution in [0.15, 0.2) is 22.7 Å². The maximum atomic E-state index is 10.9. The molecule has 0 radical (unpaired) electrons. The van der Waals surface area contributed by atoms with Gasteiger partial charge in [-0.3, -0.25) is 14.9 Å². The first-order valence-electron chi connectivity index (χ1n) is 5.75. The molecule has 1 aromatic rings. The van der Waals surface area contributed by atoms with Gasteiger partial charge in [-0.1, -0.05) is 15.9 Å². The Labute approximate surface area is 119 Å². The zero-order chi connectivity index (χ0) is 14.3. The maximum Gasteiger partial charge on any atom is 0.305 e. The van der Waals surface area contributed by atoms with E-state index in [0.717, 1.165) is 0 Å². The topological polar surface area (TPSA) is 81.5 Å². The molecule has 7 heteroatoms. The van der Waals surface area contributed by atoms with Gasteiger partial charge in [0.05, 0.1) is 12.0 Å². The Morgan fingerprint density at radius 2 is 2.26 bits per heavy atom. The maximum absolute atomic E-state index is 10.9. The molecule has 1 aromatic carbocycles. The van der Waals surface area contributed by atoms with Gasteiger partial charge in [-0.15, -0.1) is 0 Å². The lowest BCUT2D eigenvalue weighted by Crippen LogP contribution is -2.17. The molecule has 0 atom stereocenters. The molecule has 0 saturated carbocycles. The summed E-state index contributed by atoms with van der Waals surface area (Å²) in [5.74, 6) is -0.253. The lowest BCUT2D eigenvalue weighted by atomic mass is 10.2. The summed E-state index contributed by atoms with van der Waals surface area (Å²) in [4.78, 5) is 21.4. The van der Waals surface area contributed by atoms with E-state index in [1.807, 2.05) is 0 Å². The zero-order valence-corrected chi connectivity index (χ0v) is 12.1. The quantitative estimate of drug-likeness (QED) is 0.359. The van der Waals surface area contributed by atoms with Gasteiger partial charge in [0.25, 0.3) is 5.69 Å². The monoisotopic (exact) mass is 330 g/mol. The molecule has 0 aromatic heterocycles. The summed E-state index contributed by atoms with van der Waals surface area (Å²) >= 11 is 3.21. The highest BCUT2D eigenvalue weighted by Gasteiger charge is 2.13. The molecular weight excluding hydrogens is 316 g/mol. The second-order valence-corrected chi connectivity index (χ2v) is 4.80. The average molecular weight is 331 g/mol. The highest BCUT2D eigenvalue weighted by Crippen LogP contribution is 2.23. The van der Waals surface area contributed by atoms with Crippen LogP contribution in [0.3, 0.4) is 0 Å². The highest BCUT2D eigenvalue weighted by molar-refractivity contribution is 9.10. The van der Waals surface area contributed by atoms with Crippen molar-refractivity contribution in [2.45, 2.75) is 19.4 Å². The second kappa shape index (κ2) is 7.85. The number of nitro benzene ring substituents is 1. The molecule has 0 heterocycles. The van der Waals surface area contributed by atoms with Crippen molar-refractivity contribution in [1.82, 2.24) is 5.32 Å². The average Bonchev–Trinajstić information content (AvgIpc) is 2.39. The van der Waals surface area contributed by atoms with Crippen molar-refractivity contribution < 1.29 is 14.5 Å². The molecule has 0 aliphatic heterocycles. The fourth-order valence-electron chi connectivity index (χ4n) is 1.54. The van der Waals surface area contributed by atoms with Crippen molar-refractivity contribution in [2.24, 2.45) is 0 Å². The molecule has 0 aliphatic carbocycles. The van der Waals surface area contributed by atoms with Gasteiger partial charge in [0.1, 0.15) is 0 Å². The van der Waals surface area contributed by atoms with Crippen LogP contribution in [-0.2, 0) is 16.1 Å². The minimum absolute atomic E-state index is 0.0786. The largest absolute Gasteiger partial charge is 0.469 e. The molecule has 104 valence electrons. The number of ether oxygens (including phenoxy) is 1. The predicted molar refractivity (Wildman–Crippen MR) is 73.8 cm³/mol. The highest BCUT2D eigenvalue weighted by atomic mass is 79.9. The minimum atomic E-state index is -0.407. The molecule has 6 nitrogen and oxygen atoms in total. The van der Waals surface area contributed by atoms with Gasteiger partial charge in [0.2, 0.25) is 0 Å². The van der Waals surface area contributed by atoms with Crippen molar-refractivity contribution >= 4 is 27.6 Å². The third-order valence-electron chi connectivity index (χ3n) is 2.52. The van der Waals surface area contributed by atoms with Crippen LogP contribution in [0.25, 0.3) is 0 Å². The van der Waals surface area contributed by atoms with Crippen LogP contribution in [-0.4, -0.2) is 24.5 Å². The third kappa shape index (κ3) is 5.35. The molecule has 0 spiro atoms. The minimum Gasteiger partial charge on any atom is -0.469 e. The molecule has 19 heavy (non-hydrogen) atoms. The molecule has 0 unspecified atom stereocenters. The Balaban J connectivity index is 2.45. The van der Waals surface area contributed by atoms with Crippen molar-refractivity contribution in [2.75, 3.05) is 13.7 Å². The van der Waals surface area contributed by atoms with E-state index in [1.54, 1.807) is 12.1 Å². The Bertz CT molecular complexity index is 465. The Kier molecular flexibility index (Phi) is 6.44. The van der Waals surface area contributed by atoms with E-state index >= 15 is 0 Å². The summed E-state index contributed by atoms with van der Waals surface area (Å²) in [6.45, 7) is 0.993. The molecule has 0 saturated heterocycles. The molecular formula is C12H15BrN2O4. The van der Waals surface area contributed by atoms with Gasteiger partial charge in [-0.2, -0.15) is 0 Å². The number of hydrogen-bond donors (Lipinski definition) is 1. The van der Waals surface area contributed by atoms with E-state index in [4.69, 9.17) is 0 Å². The first kappa shape index (κ1) is 15.6. The predicted octanol–water partition coefficient (Wildman–Crippen LogP) is 2.40. The number of hydrogen-bond acceptors (Lipinski definition) is 5. The number of benzene rings is 1. The number of nitrogens with one attached hydrogen (secondary N) is 1. The van der Waals surface area contributed by atoms with Crippen molar-refractivity contribution in [1.29, 1.82) is 0 Å². The smallest absolute Gasteiger partial charge is 0.305 e. The van der Waals surface area contributed by atoms with E-state index in [0.29, 0.717) is 36.0 Å². The number of methoxy groups -OCH3 is 1. The summed E-state index contributed by atoms with van der Waals surface area (Å²) in [5.41, 5.74) is 0.695. The first-order chi connectivity index (χ1) is 9.04. The number of rotatable bonds is 7. The first-order valence-corrected chi connectivity index (χ1v) is 6.54. The van der Waals surface area contributed by atoms with Gasteiger partial charge in [0.15, 0.2) is 0 Å². The number of esters is 1. The third-order valence-corrected chi connectivity index (χ3v) is 3.01. The van der Waals surface area contributed by atoms with Crippen LogP contribution < -0.4 is 5.32 Å². The Morgan fingerprint density at radius 1 is 1.53 bits per heavy atom. The SMILES string of the molecule is COC(=O)CCCNCc1ccc(Br)cc1[N+](=O)[O-]. The van der Waals surface area contributed by atoms with Gasteiger partial charge in [0, 0.05) is 29.1 Å². The van der Waals surface area contributed by atoms with Crippen molar-refractivity contribution in [3.05, 3.63) is 38.3 Å². The molecule has 0 bridgehead atoms. The van der Waals surface area contributed by atoms with Gasteiger partial charge in [-0.05, 0) is 25.1 Å². The van der Waals surface area contributed by atoms with Crippen LogP contribution in [0.1, 0.15) is 18.4 Å². The lowest BCUT2D eigenvalue weighted by molar-refractivity contribution is -0.385. The van der Waals surface area contributed by atoms with Crippen LogP contribution in [0.4, 0.5) is 5.69 Å². The fraction of sp³-hybridized carbons (Fsp3) is 0.417. The molecule has 0 fully saturated rings. The number of carbonyl (C=O) groups excluding carboxylic acids is 1. The van der Waals surface area contributed by atoms with Crippen molar-refractivity contribution in [3.8, 4) is 0 Å². The molecule has 0 amide bonds. The number of nitro groups is 1. The van der Waals surface area contributed by atoms with Crippen LogP contribution in [0.2, 0.25) is 0 Å². The molecule has 1 rings (SSSR count). The van der Waals surface area contributed by atoms with Crippen LogP contribution in [0.5, 0.6) is 0 Å².